The third-order valence-corrected chi connectivity index (χ3v) is 4.41. The number of piperidine rings is 1. The van der Waals surface area contributed by atoms with Crippen molar-refractivity contribution in [2.45, 2.75) is 32.6 Å². The SMILES string of the molecule is CCc1ccc(-n2c(O)c(C=NN3CCCCC3)c(=O)[nH]c2=O)cc1. The maximum atomic E-state index is 12.2. The number of H-pyrrole nitrogens is 1. The second kappa shape index (κ2) is 7.38. The number of hydrogen-bond acceptors (Lipinski definition) is 5. The lowest BCUT2D eigenvalue weighted by atomic mass is 10.1. The average Bonchev–Trinajstić information content (AvgIpc) is 2.62. The Bertz CT molecular complexity index is 875. The van der Waals surface area contributed by atoms with Gasteiger partial charge in [-0.25, -0.2) is 9.36 Å². The molecule has 132 valence electrons. The fourth-order valence-electron chi connectivity index (χ4n) is 2.91. The largest absolute Gasteiger partial charge is 0.493 e. The van der Waals surface area contributed by atoms with E-state index in [0.29, 0.717) is 5.69 Å². The number of rotatable bonds is 4. The summed E-state index contributed by atoms with van der Waals surface area (Å²) >= 11 is 0. The van der Waals surface area contributed by atoms with Gasteiger partial charge in [-0.1, -0.05) is 19.1 Å². The van der Waals surface area contributed by atoms with Crippen LogP contribution < -0.4 is 11.2 Å². The van der Waals surface area contributed by atoms with E-state index in [0.717, 1.165) is 42.5 Å². The molecular formula is C18H22N4O3. The Balaban J connectivity index is 2.00. The highest BCUT2D eigenvalue weighted by molar-refractivity contribution is 5.82. The molecule has 0 aliphatic carbocycles. The van der Waals surface area contributed by atoms with Gasteiger partial charge < -0.3 is 5.11 Å². The van der Waals surface area contributed by atoms with Gasteiger partial charge in [-0.3, -0.25) is 14.8 Å². The van der Waals surface area contributed by atoms with E-state index in [-0.39, 0.29) is 5.56 Å². The van der Waals surface area contributed by atoms with Crippen molar-refractivity contribution in [3.05, 3.63) is 56.2 Å². The number of nitrogens with zero attached hydrogens (tertiary/aromatic N) is 3. The molecule has 0 atom stereocenters. The number of aryl methyl sites for hydroxylation is 1. The van der Waals surface area contributed by atoms with Crippen LogP contribution in [0.3, 0.4) is 0 Å². The van der Waals surface area contributed by atoms with E-state index in [1.54, 1.807) is 12.1 Å². The summed E-state index contributed by atoms with van der Waals surface area (Å²) in [5.41, 5.74) is 0.257. The van der Waals surface area contributed by atoms with Crippen LogP contribution in [0.25, 0.3) is 5.69 Å². The van der Waals surface area contributed by atoms with Crippen LogP contribution in [-0.4, -0.2) is 39.0 Å². The van der Waals surface area contributed by atoms with E-state index in [2.05, 4.69) is 10.1 Å². The predicted octanol–water partition coefficient (Wildman–Crippen LogP) is 1.61. The van der Waals surface area contributed by atoms with Gasteiger partial charge >= 0.3 is 5.69 Å². The Kier molecular flexibility index (Phi) is 5.02. The smallest absolute Gasteiger partial charge is 0.335 e. The summed E-state index contributed by atoms with van der Waals surface area (Å²) in [6, 6.07) is 7.25. The number of nitrogens with one attached hydrogen (secondary N) is 1. The molecule has 1 fully saturated rings. The van der Waals surface area contributed by atoms with Crippen LogP contribution in [0.15, 0.2) is 39.0 Å². The second-order valence-electron chi connectivity index (χ2n) is 6.11. The standard InChI is InChI=1S/C18H22N4O3/c1-2-13-6-8-14(9-7-13)22-17(24)15(16(23)20-18(22)25)12-19-21-10-4-3-5-11-21/h6-9,12,24H,2-5,10-11H2,1H3,(H,20,23,25). The molecule has 0 radical (unpaired) electrons. The molecule has 7 heteroatoms. The molecule has 1 saturated heterocycles. The van der Waals surface area contributed by atoms with Crippen molar-refractivity contribution in [2.75, 3.05) is 13.1 Å². The summed E-state index contributed by atoms with van der Waals surface area (Å²) < 4.78 is 1.08. The molecule has 1 aromatic carbocycles. The van der Waals surface area contributed by atoms with E-state index in [4.69, 9.17) is 0 Å². The second-order valence-corrected chi connectivity index (χ2v) is 6.11. The van der Waals surface area contributed by atoms with Gasteiger partial charge in [0.1, 0.15) is 5.56 Å². The third-order valence-electron chi connectivity index (χ3n) is 4.41. The zero-order valence-electron chi connectivity index (χ0n) is 14.2. The van der Waals surface area contributed by atoms with Crippen molar-refractivity contribution < 1.29 is 5.11 Å². The minimum atomic E-state index is -0.679. The number of hydrogen-bond donors (Lipinski definition) is 2. The van der Waals surface area contributed by atoms with Crippen LogP contribution in [0.5, 0.6) is 5.88 Å². The highest BCUT2D eigenvalue weighted by Crippen LogP contribution is 2.16. The number of hydrazone groups is 1. The number of benzene rings is 1. The number of aromatic hydroxyl groups is 1. The first-order chi connectivity index (χ1) is 12.1. The van der Waals surface area contributed by atoms with Gasteiger partial charge in [0.2, 0.25) is 5.88 Å². The number of aromatic amines is 1. The van der Waals surface area contributed by atoms with Gasteiger partial charge in [0.05, 0.1) is 11.9 Å². The van der Waals surface area contributed by atoms with Crippen molar-refractivity contribution in [2.24, 2.45) is 5.10 Å². The lowest BCUT2D eigenvalue weighted by Crippen LogP contribution is -2.32. The van der Waals surface area contributed by atoms with Crippen molar-refractivity contribution in [3.8, 4) is 11.6 Å². The van der Waals surface area contributed by atoms with Gasteiger partial charge in [-0.2, -0.15) is 5.10 Å². The highest BCUT2D eigenvalue weighted by atomic mass is 16.3. The van der Waals surface area contributed by atoms with Gasteiger partial charge in [0, 0.05) is 13.1 Å². The van der Waals surface area contributed by atoms with Gasteiger partial charge in [-0.15, -0.1) is 0 Å². The maximum Gasteiger partial charge on any atom is 0.335 e. The lowest BCUT2D eigenvalue weighted by Gasteiger charge is -2.23. The molecule has 1 aromatic heterocycles. The molecule has 0 saturated carbocycles. The minimum Gasteiger partial charge on any atom is -0.493 e. The zero-order valence-corrected chi connectivity index (χ0v) is 14.2. The van der Waals surface area contributed by atoms with E-state index in [1.807, 2.05) is 24.1 Å². The van der Waals surface area contributed by atoms with E-state index < -0.39 is 17.1 Å². The fraction of sp³-hybridized carbons (Fsp3) is 0.389. The molecule has 3 rings (SSSR count). The molecular weight excluding hydrogens is 320 g/mol. The monoisotopic (exact) mass is 342 g/mol. The van der Waals surface area contributed by atoms with Crippen molar-refractivity contribution in [1.29, 1.82) is 0 Å². The van der Waals surface area contributed by atoms with Crippen LogP contribution in [0, 0.1) is 0 Å². The lowest BCUT2D eigenvalue weighted by molar-refractivity contribution is 0.240. The van der Waals surface area contributed by atoms with Crippen LogP contribution in [0.2, 0.25) is 0 Å². The molecule has 0 spiro atoms. The topological polar surface area (TPSA) is 90.7 Å². The van der Waals surface area contributed by atoms with E-state index in [1.165, 1.54) is 12.6 Å². The summed E-state index contributed by atoms with van der Waals surface area (Å²) in [6.45, 7) is 3.69. The quantitative estimate of drug-likeness (QED) is 0.826. The minimum absolute atomic E-state index is 0.0234. The Labute approximate surface area is 145 Å². The fourth-order valence-corrected chi connectivity index (χ4v) is 2.91. The van der Waals surface area contributed by atoms with Gasteiger partial charge in [0.15, 0.2) is 0 Å². The molecule has 1 aliphatic heterocycles. The molecule has 2 N–H and O–H groups in total. The molecule has 2 aromatic rings. The molecule has 25 heavy (non-hydrogen) atoms. The van der Waals surface area contributed by atoms with Crippen LogP contribution in [0.4, 0.5) is 0 Å². The summed E-state index contributed by atoms with van der Waals surface area (Å²) in [4.78, 5) is 26.5. The van der Waals surface area contributed by atoms with Crippen LogP contribution >= 0.6 is 0 Å². The third kappa shape index (κ3) is 3.65. The first-order valence-corrected chi connectivity index (χ1v) is 8.56. The zero-order chi connectivity index (χ0) is 17.8. The highest BCUT2D eigenvalue weighted by Gasteiger charge is 2.15. The van der Waals surface area contributed by atoms with Gasteiger partial charge in [-0.05, 0) is 43.4 Å². The first-order valence-electron chi connectivity index (χ1n) is 8.56. The molecule has 7 nitrogen and oxygen atoms in total. The summed E-state index contributed by atoms with van der Waals surface area (Å²) in [5, 5.41) is 16.6. The molecule has 2 heterocycles. The molecule has 0 amide bonds. The number of aromatic nitrogens is 2. The first kappa shape index (κ1) is 17.0. The Morgan fingerprint density at radius 3 is 2.48 bits per heavy atom. The van der Waals surface area contributed by atoms with E-state index >= 15 is 0 Å². The van der Waals surface area contributed by atoms with Gasteiger partial charge in [0.25, 0.3) is 5.56 Å². The molecule has 0 unspecified atom stereocenters. The average molecular weight is 342 g/mol. The van der Waals surface area contributed by atoms with Crippen molar-refractivity contribution in [3.63, 3.8) is 0 Å². The maximum absolute atomic E-state index is 12.2. The van der Waals surface area contributed by atoms with Crippen molar-refractivity contribution in [1.82, 2.24) is 14.6 Å². The molecule has 0 bridgehead atoms. The Morgan fingerprint density at radius 1 is 1.16 bits per heavy atom. The summed E-state index contributed by atoms with van der Waals surface area (Å²) in [6.07, 6.45) is 5.50. The summed E-state index contributed by atoms with van der Waals surface area (Å²) in [7, 11) is 0. The predicted molar refractivity (Wildman–Crippen MR) is 96.7 cm³/mol. The molecule has 1 aliphatic rings. The van der Waals surface area contributed by atoms with Crippen LogP contribution in [-0.2, 0) is 6.42 Å². The Morgan fingerprint density at radius 2 is 1.84 bits per heavy atom. The van der Waals surface area contributed by atoms with E-state index in [9.17, 15) is 14.7 Å². The Hall–Kier alpha value is -2.83. The van der Waals surface area contributed by atoms with Crippen LogP contribution in [0.1, 0.15) is 37.3 Å². The summed E-state index contributed by atoms with van der Waals surface area (Å²) in [5.74, 6) is -0.404. The normalized spacial score (nSPS) is 15.0. The van der Waals surface area contributed by atoms with Crippen molar-refractivity contribution >= 4 is 6.21 Å².